The molecule has 131 heavy (non-hydrogen) atoms. The molecule has 0 radical (unpaired) electrons. The zero-order chi connectivity index (χ0) is 95.3. The monoisotopic (exact) mass is 2400 g/mol. The van der Waals surface area contributed by atoms with Gasteiger partial charge in [0.05, 0.1) is 107 Å². The molecule has 0 atom stereocenters. The Bertz CT molecular complexity index is 4330. The van der Waals surface area contributed by atoms with Crippen LogP contribution in [0.1, 0.15) is 172 Å². The molecule has 7 aromatic rings. The average Bonchev–Trinajstić information content (AvgIpc) is 0.835. The molecule has 0 aliphatic carbocycles. The van der Waals surface area contributed by atoms with E-state index in [4.69, 9.17) is 81.5 Å². The number of rotatable bonds is 23. The molecule has 7 aromatic carbocycles. The molecule has 0 saturated carbocycles. The first-order valence-electron chi connectivity index (χ1n) is 36.8. The number of nitrogens with two attached hydrogens (primary N) is 1. The van der Waals surface area contributed by atoms with Crippen molar-refractivity contribution in [2.75, 3.05) is 101 Å². The van der Waals surface area contributed by atoms with E-state index in [1.165, 1.54) is 66.6 Å². The molecule has 0 saturated heterocycles. The van der Waals surface area contributed by atoms with Gasteiger partial charge in [0.2, 0.25) is 4.38 Å². The summed E-state index contributed by atoms with van der Waals surface area (Å²) in [6, 6.07) is 40.0. The summed E-state index contributed by atoms with van der Waals surface area (Å²) in [5, 5.41) is 63.8. The van der Waals surface area contributed by atoms with Crippen LogP contribution in [-0.2, 0) is 19.2 Å². The van der Waals surface area contributed by atoms with Crippen LogP contribution < -0.4 is 263 Å². The number of thioether (sulfide) groups is 2. The number of nitriles is 2. The van der Waals surface area contributed by atoms with E-state index in [1.807, 2.05) is 118 Å². The van der Waals surface area contributed by atoms with Crippen LogP contribution in [0.3, 0.4) is 0 Å². The normalized spacial score (nSPS) is 9.15. The summed E-state index contributed by atoms with van der Waals surface area (Å²) < 4.78 is 77.2. The maximum Gasteiger partial charge on any atom is 1.00 e. The molecule has 0 unspecified atom stereocenters. The number of nitro benzene ring substituents is 3. The van der Waals surface area contributed by atoms with Gasteiger partial charge in [-0.1, -0.05) is 92.8 Å². The number of hydrogen-bond acceptors (Lipinski definition) is 28. The van der Waals surface area contributed by atoms with Gasteiger partial charge in [-0.05, 0) is 293 Å². The second kappa shape index (κ2) is 94.5. The quantitative estimate of drug-likeness (QED) is 0.00436. The van der Waals surface area contributed by atoms with Gasteiger partial charge >= 0.3 is 226 Å². The van der Waals surface area contributed by atoms with Crippen LogP contribution >= 0.6 is 109 Å². The van der Waals surface area contributed by atoms with Crippen LogP contribution in [0.25, 0.3) is 5.57 Å². The molecular formula is C87H129BBr3ClCs2F4KN8NaO19S4. The number of hydrogen-bond donors (Lipinski definition) is 3. The summed E-state index contributed by atoms with van der Waals surface area (Å²) >= 11 is 21.4. The number of benzene rings is 7. The fraction of sp³-hybridized carbons (Fsp3) is 0.425. The average molecular weight is 2410 g/mol. The van der Waals surface area contributed by atoms with E-state index in [2.05, 4.69) is 167 Å². The number of nitro groups is 3. The second-order valence-corrected chi connectivity index (χ2v) is 32.3. The van der Waals surface area contributed by atoms with Crippen LogP contribution in [-0.4, -0.2) is 160 Å². The third-order valence-corrected chi connectivity index (χ3v) is 18.5. The number of aliphatic hydroxyl groups excluding tert-OH is 1. The van der Waals surface area contributed by atoms with Crippen molar-refractivity contribution in [3.63, 3.8) is 0 Å². The van der Waals surface area contributed by atoms with E-state index in [1.54, 1.807) is 78.3 Å². The summed E-state index contributed by atoms with van der Waals surface area (Å²) in [4.78, 5) is 48.4. The molecule has 44 heteroatoms. The van der Waals surface area contributed by atoms with E-state index in [9.17, 15) is 43.4 Å². The number of carbonyl (C=O) groups is 1. The third-order valence-electron chi connectivity index (χ3n) is 14.3. The first-order valence-corrected chi connectivity index (χ1v) is 42.1. The van der Waals surface area contributed by atoms with Gasteiger partial charge in [0.1, 0.15) is 40.3 Å². The smallest absolute Gasteiger partial charge is 1.00 e. The maximum absolute atomic E-state index is 12.4. The minimum Gasteiger partial charge on any atom is -1.00 e. The number of aliphatic hydroxyl groups is 1. The largest absolute Gasteiger partial charge is 1.00 e. The van der Waals surface area contributed by atoms with E-state index in [0.29, 0.717) is 72.9 Å². The molecule has 4 N–H and O–H groups in total. The Morgan fingerprint density at radius 3 is 1.25 bits per heavy atom. The van der Waals surface area contributed by atoms with Crippen LogP contribution in [0.4, 0.5) is 35.8 Å². The van der Waals surface area contributed by atoms with E-state index >= 15 is 0 Å². The van der Waals surface area contributed by atoms with Gasteiger partial charge in [0.25, 0.3) is 23.5 Å². The van der Waals surface area contributed by atoms with Crippen molar-refractivity contribution in [2.45, 2.75) is 169 Å². The van der Waals surface area contributed by atoms with Crippen LogP contribution in [0, 0.1) is 58.8 Å². The molecule has 0 aliphatic rings. The van der Waals surface area contributed by atoms with Crippen molar-refractivity contribution in [3.05, 3.63) is 219 Å². The minimum atomic E-state index is -2.34. The van der Waals surface area contributed by atoms with Crippen molar-refractivity contribution in [1.29, 1.82) is 10.5 Å². The molecule has 0 aromatic heterocycles. The van der Waals surface area contributed by atoms with Crippen LogP contribution in [0.2, 0.25) is 0 Å². The van der Waals surface area contributed by atoms with E-state index < -0.39 is 27.9 Å². The number of ether oxygens (including phenoxy) is 8. The Morgan fingerprint density at radius 2 is 0.954 bits per heavy atom. The summed E-state index contributed by atoms with van der Waals surface area (Å²) in [5.74, 6) is 6.51. The summed E-state index contributed by atoms with van der Waals surface area (Å²) in [6.07, 6.45) is 0.0463. The van der Waals surface area contributed by atoms with Gasteiger partial charge in [0, 0.05) is 51.2 Å². The van der Waals surface area contributed by atoms with Gasteiger partial charge < -0.3 is 70.5 Å². The number of thiol groups is 1. The predicted molar refractivity (Wildman–Crippen MR) is 527 cm³/mol. The topological polar surface area (TPSA) is 383 Å². The molecule has 0 bridgehead atoms. The molecule has 718 valence electrons. The molecule has 0 aliphatic heterocycles. The Balaban J connectivity index is -0.0000000881. The Hall–Kier alpha value is -1.77. The molecule has 0 heterocycles. The standard InChI is InChI=1S/C13H18O2S2.C12H15NOS.C10H11NO3.C10H15NO.C10H14OS.C9H22N2O.C7H6BrNO3.C6H3BrFNO2.C3H5BF2.C2H2BrN.C2H6O.CH2O3.2CH4.ClH.2Cs.FH.K.Na.H2O.H/c1-5-15-13(16)17-12-7-6-10(14-4)8-11(12)9(2)3;1-9(2)11-8-10(14-3)4-5-12(11)15-7-6-13;1-7(2)9-6-8(14-3)4-5-10(9)11(12)13;1-7(2)9-6-8(12-3)4-5-10(9)11;1-7(2)9-6-8(11-3)4-5-10(9)12;1-9(2,3)12-8(10(4)5)11(6)7;1-12-5-2-3-7(9(10)11)6(8)4-5;7-5-3-4(8)1-2-6(5)9(10)11;1-3(2)4(5)6;3-1-2-4;1-2-3;2-1-4-3;;;;;;;;;;/h6-9H,5H2,1-4H3;4-5,8-9H,7H2,1-3H3;4-6H,1H2,2-3H3;4-7H,11H2,1-3H3;4-7,12H,1-3H3;8H,1-7H3;2-4H,1H3;1-3H;1H2,2H3;1H2;3H,2H2,1H3;1,3H;2*1H4;1H;;;1H;;;1H2;/q;;;;;;;;;;;;;;;2*+1;;2*+1;;-1/p-3. The van der Waals surface area contributed by atoms with Crippen LogP contribution in [0.15, 0.2) is 170 Å². The van der Waals surface area contributed by atoms with Crippen molar-refractivity contribution >= 4 is 155 Å². The molecule has 0 spiro atoms. The Morgan fingerprint density at radius 1 is 0.641 bits per heavy atom. The number of allylic oxidation sites excluding steroid dienone is 2. The number of nitrogens with zero attached hydrogens (tertiary/aromatic N) is 7. The third kappa shape index (κ3) is 76.7. The predicted octanol–water partition coefficient (Wildman–Crippen LogP) is 9.40. The first kappa shape index (κ1) is 160. The molecule has 27 nitrogen and oxygen atoms in total. The fourth-order valence-electron chi connectivity index (χ4n) is 8.61. The molecule has 0 fully saturated rings. The van der Waals surface area contributed by atoms with Crippen molar-refractivity contribution < 1.29 is 316 Å². The van der Waals surface area contributed by atoms with Crippen molar-refractivity contribution in [3.8, 4) is 46.6 Å². The Kier molecular flexibility index (Phi) is 115. The number of alkyl halides is 1. The molecule has 7 rings (SSSR count). The number of halogens is 8. The minimum absolute atomic E-state index is 0. The van der Waals surface area contributed by atoms with Crippen molar-refractivity contribution in [2.24, 2.45) is 0 Å². The number of carbonyl (C=O) groups excluding carboxylic acids is 1. The van der Waals surface area contributed by atoms with Crippen molar-refractivity contribution in [1.82, 2.24) is 9.80 Å². The first-order chi connectivity index (χ1) is 57.0. The number of methoxy groups -OCH3 is 6. The van der Waals surface area contributed by atoms with E-state index in [-0.39, 0.29) is 310 Å². The summed E-state index contributed by atoms with van der Waals surface area (Å²) in [5.41, 5.74) is 12.4. The van der Waals surface area contributed by atoms with Gasteiger partial charge in [0.15, 0.2) is 6.35 Å². The zero-order valence-corrected chi connectivity index (χ0v) is 106. The maximum atomic E-state index is 12.4. The zero-order valence-electron chi connectivity index (χ0n) is 80.2. The second-order valence-electron chi connectivity index (χ2n) is 26.9. The SMILES string of the molecule is C.C.C=C(C)B(F)F.C=C(C)c1cc(OC)ccc1[N+](=O)[O-].CCO.CCOC(=S)Sc1ccc(OC)cc1C(C)C.CN(C)C(OC(C)(C)C)N(C)C.COc1ccc(N)c(C(C)C)c1.COc1ccc(S)c(C(C)C)c1.COc1ccc(SCC#N)c(C(C)C)c1.COc1ccc([N+](=O)[O-])c(Br)c1.Cl.N#CCBr.O=CO[O-].O=[N+]([O-])c1ccc(F)cc1Br.[Cs+].[Cs+].[F-].[H-].[K+].[Na+].[OH-]. The van der Waals surface area contributed by atoms with Gasteiger partial charge in [-0.2, -0.15) is 10.5 Å². The number of thiocarbonyl (C=S) groups is 1. The van der Waals surface area contributed by atoms with Gasteiger partial charge in [-0.25, -0.2) is 4.39 Å². The fourth-order valence-corrected chi connectivity index (χ4v) is 12.1. The molecule has 0 amide bonds. The summed E-state index contributed by atoms with van der Waals surface area (Å²) in [6.45, 7) is 37.3. The molecular weight excluding hydrogens is 2280 g/mol. The van der Waals surface area contributed by atoms with Crippen LogP contribution in [0.5, 0.6) is 34.5 Å². The van der Waals surface area contributed by atoms with E-state index in [0.717, 1.165) is 62.2 Å². The van der Waals surface area contributed by atoms with Gasteiger partial charge in [-0.15, -0.1) is 43.4 Å². The number of nitrogen functional groups attached to an aromatic ring is 1. The Labute approximate surface area is 1010 Å². The van der Waals surface area contributed by atoms with Gasteiger partial charge in [-0.3, -0.25) is 53.6 Å². The summed E-state index contributed by atoms with van der Waals surface area (Å²) in [7, 11) is 15.4. The number of anilines is 1.